The molecule has 1 aliphatic carbocycles. The maximum Gasteiger partial charge on any atom is 0.0713 e. The standard InChI is InChI=1S/C85H57N3S/c1-7-25-58(26-8-1)60-43-47-67(48-44-60)86(65-33-15-5-16-34-65)70-53-62(75-57-77-73-38-20-23-41-80(73)88(66-35-17-6-18-36-66)83(77)82-74-39-21-24-42-81(74)89-84(75)82)54-71(55-70)87(68-49-45-61(46-50-68)59-27-9-2-10-28-59)69-51-52-79-76(56-69)72-37-19-22-40-78(72)85(79,63-29-11-3-12-30-63)64-31-13-4-14-32-64/h1-57H. The molecule has 0 saturated carbocycles. The van der Waals surface area contributed by atoms with Crippen LogP contribution in [-0.4, -0.2) is 4.57 Å². The number of para-hydroxylation sites is 3. The van der Waals surface area contributed by atoms with Crippen molar-refractivity contribution in [1.82, 2.24) is 4.57 Å². The molecule has 2 aromatic heterocycles. The molecule has 0 aliphatic heterocycles. The van der Waals surface area contributed by atoms with Crippen LogP contribution in [0.4, 0.5) is 34.1 Å². The lowest BCUT2D eigenvalue weighted by Crippen LogP contribution is -2.28. The fourth-order valence-electron chi connectivity index (χ4n) is 14.3. The molecule has 1 aliphatic rings. The third kappa shape index (κ3) is 8.63. The van der Waals surface area contributed by atoms with E-state index in [0.29, 0.717) is 0 Å². The third-order valence-corrected chi connectivity index (χ3v) is 19.4. The van der Waals surface area contributed by atoms with Crippen LogP contribution < -0.4 is 9.80 Å². The number of hydrogen-bond acceptors (Lipinski definition) is 3. The first kappa shape index (κ1) is 52.1. The van der Waals surface area contributed by atoms with E-state index in [-0.39, 0.29) is 0 Å². The number of aromatic nitrogens is 1. The molecule has 418 valence electrons. The first-order chi connectivity index (χ1) is 44.2. The Morgan fingerprint density at radius 2 is 0.742 bits per heavy atom. The summed E-state index contributed by atoms with van der Waals surface area (Å²) < 4.78 is 4.99. The summed E-state index contributed by atoms with van der Waals surface area (Å²) in [5, 5.41) is 4.93. The number of fused-ring (bicyclic) bond motifs is 10. The Balaban J connectivity index is 0.965. The number of thiophene rings is 1. The molecule has 0 fully saturated rings. The monoisotopic (exact) mass is 1150 g/mol. The molecule has 0 N–H and O–H groups in total. The second-order valence-corrected chi connectivity index (χ2v) is 24.2. The van der Waals surface area contributed by atoms with Gasteiger partial charge in [0.25, 0.3) is 0 Å². The zero-order valence-electron chi connectivity index (χ0n) is 48.7. The van der Waals surface area contributed by atoms with Crippen molar-refractivity contribution in [2.45, 2.75) is 5.41 Å². The molecule has 0 amide bonds. The number of anilines is 6. The molecule has 0 atom stereocenters. The van der Waals surface area contributed by atoms with E-state index in [0.717, 1.165) is 50.9 Å². The average Bonchev–Trinajstić information content (AvgIpc) is 1.61. The van der Waals surface area contributed by atoms with Crippen LogP contribution in [0.25, 0.3) is 92.2 Å². The summed E-state index contributed by atoms with van der Waals surface area (Å²) in [6.07, 6.45) is 0. The second-order valence-electron chi connectivity index (χ2n) is 23.1. The van der Waals surface area contributed by atoms with E-state index in [1.54, 1.807) is 0 Å². The molecule has 4 heteroatoms. The van der Waals surface area contributed by atoms with Crippen molar-refractivity contribution >= 4 is 87.4 Å². The van der Waals surface area contributed by atoms with Crippen molar-refractivity contribution in [3.05, 3.63) is 368 Å². The van der Waals surface area contributed by atoms with Gasteiger partial charge in [0.1, 0.15) is 0 Å². The van der Waals surface area contributed by atoms with Gasteiger partial charge in [-0.1, -0.05) is 249 Å². The molecule has 0 bridgehead atoms. The van der Waals surface area contributed by atoms with Gasteiger partial charge in [-0.05, 0) is 158 Å². The van der Waals surface area contributed by atoms with Gasteiger partial charge in [-0.3, -0.25) is 0 Å². The van der Waals surface area contributed by atoms with Crippen molar-refractivity contribution in [3.8, 4) is 50.2 Å². The van der Waals surface area contributed by atoms with Crippen LogP contribution in [0.1, 0.15) is 22.3 Å². The zero-order chi connectivity index (χ0) is 58.8. The molecule has 14 aromatic carbocycles. The summed E-state index contributed by atoms with van der Waals surface area (Å²) in [6, 6.07) is 128. The summed E-state index contributed by atoms with van der Waals surface area (Å²) in [4.78, 5) is 4.94. The second kappa shape index (κ2) is 21.6. The van der Waals surface area contributed by atoms with E-state index in [2.05, 4.69) is 360 Å². The summed E-state index contributed by atoms with van der Waals surface area (Å²) in [6.45, 7) is 0. The Bertz CT molecular complexity index is 5230. The van der Waals surface area contributed by atoms with E-state index in [9.17, 15) is 0 Å². The molecule has 0 saturated heterocycles. The van der Waals surface area contributed by atoms with Crippen LogP contribution in [0, 0.1) is 0 Å². The first-order valence-corrected chi connectivity index (χ1v) is 31.4. The van der Waals surface area contributed by atoms with Gasteiger partial charge in [0.2, 0.25) is 0 Å². The van der Waals surface area contributed by atoms with E-state index in [1.807, 2.05) is 11.3 Å². The van der Waals surface area contributed by atoms with Gasteiger partial charge < -0.3 is 14.4 Å². The number of nitrogens with zero attached hydrogens (tertiary/aromatic N) is 3. The number of rotatable bonds is 12. The highest BCUT2D eigenvalue weighted by Gasteiger charge is 2.46. The van der Waals surface area contributed by atoms with Crippen LogP contribution in [0.2, 0.25) is 0 Å². The highest BCUT2D eigenvalue weighted by Crippen LogP contribution is 2.58. The maximum atomic E-state index is 2.50. The van der Waals surface area contributed by atoms with Crippen molar-refractivity contribution in [2.24, 2.45) is 0 Å². The average molecular weight is 1150 g/mol. The first-order valence-electron chi connectivity index (χ1n) is 30.6. The minimum Gasteiger partial charge on any atom is -0.310 e. The molecule has 2 heterocycles. The Morgan fingerprint density at radius 3 is 1.36 bits per heavy atom. The molecule has 0 spiro atoms. The van der Waals surface area contributed by atoms with Crippen molar-refractivity contribution < 1.29 is 0 Å². The zero-order valence-corrected chi connectivity index (χ0v) is 49.5. The molecular formula is C85H57N3S. The van der Waals surface area contributed by atoms with E-state index < -0.39 is 5.41 Å². The molecule has 17 rings (SSSR count). The quantitative estimate of drug-likeness (QED) is 0.121. The lowest BCUT2D eigenvalue weighted by Gasteiger charge is -2.34. The fourth-order valence-corrected chi connectivity index (χ4v) is 15.6. The summed E-state index contributed by atoms with van der Waals surface area (Å²) in [7, 11) is 0. The van der Waals surface area contributed by atoms with Gasteiger partial charge in [-0.2, -0.15) is 0 Å². The van der Waals surface area contributed by atoms with E-state index in [4.69, 9.17) is 0 Å². The van der Waals surface area contributed by atoms with Gasteiger partial charge in [0, 0.05) is 76.3 Å². The summed E-state index contributed by atoms with van der Waals surface area (Å²) in [5.74, 6) is 0. The van der Waals surface area contributed by atoms with Gasteiger partial charge in [0.15, 0.2) is 0 Å². The molecule has 0 unspecified atom stereocenters. The smallest absolute Gasteiger partial charge is 0.0713 e. The normalized spacial score (nSPS) is 12.4. The van der Waals surface area contributed by atoms with Gasteiger partial charge in [-0.25, -0.2) is 0 Å². The number of hydrogen-bond donors (Lipinski definition) is 0. The highest BCUT2D eigenvalue weighted by molar-refractivity contribution is 7.26. The summed E-state index contributed by atoms with van der Waals surface area (Å²) in [5.41, 5.74) is 23.7. The Labute approximate surface area is 522 Å². The topological polar surface area (TPSA) is 11.4 Å². The van der Waals surface area contributed by atoms with Crippen LogP contribution in [0.5, 0.6) is 0 Å². The lowest BCUT2D eigenvalue weighted by molar-refractivity contribution is 0.768. The Kier molecular flexibility index (Phi) is 12.6. The van der Waals surface area contributed by atoms with E-state index >= 15 is 0 Å². The largest absolute Gasteiger partial charge is 0.310 e. The highest BCUT2D eigenvalue weighted by atomic mass is 32.1. The van der Waals surface area contributed by atoms with Crippen LogP contribution in [0.15, 0.2) is 346 Å². The molecule has 3 nitrogen and oxygen atoms in total. The van der Waals surface area contributed by atoms with Crippen molar-refractivity contribution in [3.63, 3.8) is 0 Å². The predicted octanol–water partition coefficient (Wildman–Crippen LogP) is 23.5. The Hall–Kier alpha value is -11.3. The minimum absolute atomic E-state index is 0.549. The lowest BCUT2D eigenvalue weighted by atomic mass is 9.68. The van der Waals surface area contributed by atoms with Gasteiger partial charge in [-0.15, -0.1) is 11.3 Å². The SMILES string of the molecule is c1ccc(-c2ccc(N(c3ccccc3)c3cc(-c4cc5c6ccccc6n(-c6ccccc6)c5c5c4sc4ccccc45)cc(N(c4ccc(-c5ccccc5)cc4)c4ccc5c(c4)-c4ccccc4C5(c4ccccc4)c4ccccc4)c3)cc2)cc1. The molecule has 16 aromatic rings. The number of benzene rings is 14. The molecule has 89 heavy (non-hydrogen) atoms. The van der Waals surface area contributed by atoms with Crippen molar-refractivity contribution in [2.75, 3.05) is 9.80 Å². The van der Waals surface area contributed by atoms with Gasteiger partial charge in [0.05, 0.1) is 16.4 Å². The molecular weight excluding hydrogens is 1100 g/mol. The van der Waals surface area contributed by atoms with E-state index in [1.165, 1.54) is 97.6 Å². The van der Waals surface area contributed by atoms with Gasteiger partial charge >= 0.3 is 0 Å². The summed E-state index contributed by atoms with van der Waals surface area (Å²) >= 11 is 1.89. The van der Waals surface area contributed by atoms with Crippen molar-refractivity contribution in [1.29, 1.82) is 0 Å². The fraction of sp³-hybridized carbons (Fsp3) is 0.0118. The van der Waals surface area contributed by atoms with Crippen LogP contribution in [-0.2, 0) is 5.41 Å². The molecule has 0 radical (unpaired) electrons. The maximum absolute atomic E-state index is 2.50. The predicted molar refractivity (Wildman–Crippen MR) is 377 cm³/mol. The minimum atomic E-state index is -0.549. The Morgan fingerprint density at radius 1 is 0.281 bits per heavy atom. The van der Waals surface area contributed by atoms with Crippen LogP contribution in [0.3, 0.4) is 0 Å². The van der Waals surface area contributed by atoms with Crippen LogP contribution >= 0.6 is 11.3 Å². The third-order valence-electron chi connectivity index (χ3n) is 18.2.